The number of benzene rings is 1. The largest absolute Gasteiger partial charge is 0.394 e. The van der Waals surface area contributed by atoms with E-state index in [0.29, 0.717) is 22.0 Å². The quantitative estimate of drug-likeness (QED) is 0.577. The maximum absolute atomic E-state index is 14.1. The molecule has 2 heterocycles. The van der Waals surface area contributed by atoms with Gasteiger partial charge in [0.05, 0.1) is 38.1 Å². The summed E-state index contributed by atoms with van der Waals surface area (Å²) in [6.45, 7) is 1.20. The van der Waals surface area contributed by atoms with Crippen molar-refractivity contribution in [3.63, 3.8) is 0 Å². The zero-order valence-electron chi connectivity index (χ0n) is 15.2. The van der Waals surface area contributed by atoms with Crippen LogP contribution in [0.15, 0.2) is 36.7 Å². The Morgan fingerprint density at radius 1 is 1.29 bits per heavy atom. The number of hydrogen-bond donors (Lipinski definition) is 2. The third-order valence-electron chi connectivity index (χ3n) is 4.35. The van der Waals surface area contributed by atoms with Crippen LogP contribution in [-0.2, 0) is 17.9 Å². The number of Topliss-reactive ketones (excluding diaryl/α,β-unsaturated/α-hetero) is 1. The lowest BCUT2D eigenvalue weighted by atomic mass is 10.1. The maximum Gasteiger partial charge on any atom is 0.178 e. The van der Waals surface area contributed by atoms with Gasteiger partial charge in [-0.1, -0.05) is 6.07 Å². The maximum atomic E-state index is 14.1. The molecule has 1 aromatic carbocycles. The molecule has 0 saturated carbocycles. The van der Waals surface area contributed by atoms with E-state index in [9.17, 15) is 18.7 Å². The van der Waals surface area contributed by atoms with E-state index in [1.54, 1.807) is 16.8 Å². The third-order valence-corrected chi connectivity index (χ3v) is 4.35. The van der Waals surface area contributed by atoms with Crippen molar-refractivity contribution in [1.82, 2.24) is 9.55 Å². The van der Waals surface area contributed by atoms with E-state index in [0.717, 1.165) is 6.07 Å². The highest BCUT2D eigenvalue weighted by Crippen LogP contribution is 2.24. The van der Waals surface area contributed by atoms with Crippen LogP contribution in [0.3, 0.4) is 0 Å². The second-order valence-corrected chi connectivity index (χ2v) is 6.51. The molecule has 3 aromatic rings. The zero-order valence-corrected chi connectivity index (χ0v) is 15.2. The molecule has 0 aliphatic heterocycles. The molecular weight excluding hydrogens is 370 g/mol. The molecular formula is C20H20F2N2O4. The van der Waals surface area contributed by atoms with Gasteiger partial charge < -0.3 is 19.5 Å². The molecule has 0 saturated heterocycles. The Morgan fingerprint density at radius 2 is 2.07 bits per heavy atom. The summed E-state index contributed by atoms with van der Waals surface area (Å²) in [6.07, 6.45) is 2.28. The lowest BCUT2D eigenvalue weighted by Crippen LogP contribution is -2.19. The van der Waals surface area contributed by atoms with Gasteiger partial charge in [-0.15, -0.1) is 0 Å². The van der Waals surface area contributed by atoms with E-state index >= 15 is 0 Å². The van der Waals surface area contributed by atoms with Crippen molar-refractivity contribution in [2.24, 2.45) is 0 Å². The van der Waals surface area contributed by atoms with Crippen molar-refractivity contribution < 1.29 is 28.5 Å². The molecule has 2 aromatic heterocycles. The van der Waals surface area contributed by atoms with Gasteiger partial charge in [-0.3, -0.25) is 9.78 Å². The van der Waals surface area contributed by atoms with E-state index in [1.807, 2.05) is 0 Å². The number of pyridine rings is 1. The van der Waals surface area contributed by atoms with E-state index in [2.05, 4.69) is 4.98 Å². The number of nitrogens with zero attached hydrogens (tertiary/aromatic N) is 2. The Morgan fingerprint density at radius 3 is 2.75 bits per heavy atom. The standard InChI is InChI=1S/C20H20F2N2O4/c1-12(26)19-5-17-14(10-28-11-16(27)9-25)8-24(20(17)6-23-19)7-13-2-3-15(21)4-18(13)22/h2-6,8,16,25,27H,7,9-11H2,1H3/t16-/m1/s1. The van der Waals surface area contributed by atoms with Crippen molar-refractivity contribution in [3.8, 4) is 0 Å². The fraction of sp³-hybridized carbons (Fsp3) is 0.300. The molecule has 0 aliphatic carbocycles. The van der Waals surface area contributed by atoms with E-state index in [1.165, 1.54) is 25.3 Å². The van der Waals surface area contributed by atoms with Crippen LogP contribution in [0, 0.1) is 11.6 Å². The van der Waals surface area contributed by atoms with Crippen molar-refractivity contribution >= 4 is 16.7 Å². The third kappa shape index (κ3) is 4.41. The Balaban J connectivity index is 1.96. The van der Waals surface area contributed by atoms with Crippen LogP contribution in [-0.4, -0.2) is 44.9 Å². The number of aliphatic hydroxyl groups excluding tert-OH is 2. The van der Waals surface area contributed by atoms with Crippen molar-refractivity contribution in [3.05, 3.63) is 65.1 Å². The predicted octanol–water partition coefficient (Wildman–Crippen LogP) is 2.44. The minimum atomic E-state index is -0.990. The number of ketones is 1. The summed E-state index contributed by atoms with van der Waals surface area (Å²) in [5, 5.41) is 19.0. The second kappa shape index (κ2) is 8.55. The SMILES string of the molecule is CC(=O)c1cc2c(COC[C@H](O)CO)cn(Cc3ccc(F)cc3F)c2cn1. The van der Waals surface area contributed by atoms with Crippen LogP contribution < -0.4 is 0 Å². The highest BCUT2D eigenvalue weighted by Gasteiger charge is 2.14. The number of rotatable bonds is 8. The van der Waals surface area contributed by atoms with Gasteiger partial charge in [0.25, 0.3) is 0 Å². The summed E-state index contributed by atoms with van der Waals surface area (Å²) in [7, 11) is 0. The molecule has 28 heavy (non-hydrogen) atoms. The Bertz CT molecular complexity index is 1000. The molecule has 2 N–H and O–H groups in total. The van der Waals surface area contributed by atoms with Gasteiger partial charge in [0.2, 0.25) is 0 Å². The first kappa shape index (κ1) is 20.1. The molecule has 0 spiro atoms. The molecule has 0 aliphatic rings. The number of carbonyl (C=O) groups excluding carboxylic acids is 1. The summed E-state index contributed by atoms with van der Waals surface area (Å²) >= 11 is 0. The first-order valence-electron chi connectivity index (χ1n) is 8.68. The minimum Gasteiger partial charge on any atom is -0.394 e. The number of fused-ring (bicyclic) bond motifs is 1. The van der Waals surface area contributed by atoms with E-state index in [-0.39, 0.29) is 31.2 Å². The topological polar surface area (TPSA) is 84.6 Å². The monoisotopic (exact) mass is 390 g/mol. The molecule has 0 fully saturated rings. The number of ether oxygens (including phenoxy) is 1. The summed E-state index contributed by atoms with van der Waals surface area (Å²) in [5.41, 5.74) is 1.97. The minimum absolute atomic E-state index is 0.0551. The fourth-order valence-corrected chi connectivity index (χ4v) is 2.89. The van der Waals surface area contributed by atoms with Gasteiger partial charge in [-0.25, -0.2) is 8.78 Å². The van der Waals surface area contributed by atoms with E-state index < -0.39 is 24.3 Å². The number of aromatic nitrogens is 2. The van der Waals surface area contributed by atoms with Crippen LogP contribution in [0.4, 0.5) is 8.78 Å². The molecule has 1 atom stereocenters. The second-order valence-electron chi connectivity index (χ2n) is 6.51. The van der Waals surface area contributed by atoms with Crippen LogP contribution in [0.2, 0.25) is 0 Å². The summed E-state index contributed by atoms with van der Waals surface area (Å²) < 4.78 is 34.4. The fourth-order valence-electron chi connectivity index (χ4n) is 2.89. The van der Waals surface area contributed by atoms with Crippen molar-refractivity contribution in [2.75, 3.05) is 13.2 Å². The lowest BCUT2D eigenvalue weighted by molar-refractivity contribution is 0.000280. The highest BCUT2D eigenvalue weighted by molar-refractivity contribution is 5.96. The number of halogens is 2. The molecule has 3 rings (SSSR count). The average molecular weight is 390 g/mol. The normalized spacial score (nSPS) is 12.5. The molecule has 148 valence electrons. The molecule has 0 radical (unpaired) electrons. The number of carbonyl (C=O) groups is 1. The summed E-state index contributed by atoms with van der Waals surface area (Å²) in [4.78, 5) is 15.8. The summed E-state index contributed by atoms with van der Waals surface area (Å²) in [6, 6.07) is 5.03. The molecule has 0 amide bonds. The molecule has 8 heteroatoms. The lowest BCUT2D eigenvalue weighted by Gasteiger charge is -2.07. The van der Waals surface area contributed by atoms with Gasteiger partial charge in [0.1, 0.15) is 23.4 Å². The number of aliphatic hydroxyl groups is 2. The Labute approximate surface area is 160 Å². The van der Waals surface area contributed by atoms with Crippen molar-refractivity contribution in [1.29, 1.82) is 0 Å². The molecule has 0 unspecified atom stereocenters. The summed E-state index contributed by atoms with van der Waals surface area (Å²) in [5.74, 6) is -1.50. The molecule has 6 nitrogen and oxygen atoms in total. The molecule has 0 bridgehead atoms. The van der Waals surface area contributed by atoms with E-state index in [4.69, 9.17) is 9.84 Å². The average Bonchev–Trinajstić information content (AvgIpc) is 3.00. The number of hydrogen-bond acceptors (Lipinski definition) is 5. The first-order valence-corrected chi connectivity index (χ1v) is 8.68. The van der Waals surface area contributed by atoms with Gasteiger partial charge in [-0.05, 0) is 12.1 Å². The Kier molecular flexibility index (Phi) is 6.13. The van der Waals surface area contributed by atoms with Gasteiger partial charge >= 0.3 is 0 Å². The van der Waals surface area contributed by atoms with Crippen LogP contribution in [0.25, 0.3) is 10.9 Å². The van der Waals surface area contributed by atoms with Crippen LogP contribution in [0.5, 0.6) is 0 Å². The Hall–Kier alpha value is -2.68. The van der Waals surface area contributed by atoms with Gasteiger partial charge in [0.15, 0.2) is 5.78 Å². The predicted molar refractivity (Wildman–Crippen MR) is 97.9 cm³/mol. The van der Waals surface area contributed by atoms with Crippen LogP contribution in [0.1, 0.15) is 28.5 Å². The van der Waals surface area contributed by atoms with Crippen LogP contribution >= 0.6 is 0 Å². The highest BCUT2D eigenvalue weighted by atomic mass is 19.1. The smallest absolute Gasteiger partial charge is 0.178 e. The van der Waals surface area contributed by atoms with Gasteiger partial charge in [-0.2, -0.15) is 0 Å². The first-order chi connectivity index (χ1) is 13.4. The zero-order chi connectivity index (χ0) is 20.3. The van der Waals surface area contributed by atoms with Gasteiger partial charge in [0, 0.05) is 35.7 Å². The van der Waals surface area contributed by atoms with Crippen molar-refractivity contribution in [2.45, 2.75) is 26.2 Å².